The summed E-state index contributed by atoms with van der Waals surface area (Å²) in [5.41, 5.74) is 1.42. The predicted molar refractivity (Wildman–Crippen MR) is 99.3 cm³/mol. The number of ether oxygens (including phenoxy) is 4. The van der Waals surface area contributed by atoms with Crippen molar-refractivity contribution in [3.05, 3.63) is 48.0 Å². The van der Waals surface area contributed by atoms with Crippen LogP contribution in [0.1, 0.15) is 11.7 Å². The van der Waals surface area contributed by atoms with E-state index in [2.05, 4.69) is 10.6 Å². The Morgan fingerprint density at radius 3 is 2.19 bits per heavy atom. The maximum atomic E-state index is 12.2. The van der Waals surface area contributed by atoms with Gasteiger partial charge in [0, 0.05) is 43.1 Å². The number of rotatable bonds is 8. The lowest BCUT2D eigenvalue weighted by Gasteiger charge is -2.19. The lowest BCUT2D eigenvalue weighted by atomic mass is 10.1. The second-order valence-corrected chi connectivity index (χ2v) is 5.40. The van der Waals surface area contributed by atoms with Crippen LogP contribution in [0.4, 0.5) is 10.5 Å². The number of carbonyl (C=O) groups is 1. The Morgan fingerprint density at radius 1 is 0.962 bits per heavy atom. The van der Waals surface area contributed by atoms with Crippen molar-refractivity contribution in [2.45, 2.75) is 6.10 Å². The second-order valence-electron chi connectivity index (χ2n) is 5.40. The van der Waals surface area contributed by atoms with Crippen LogP contribution in [0.2, 0.25) is 0 Å². The van der Waals surface area contributed by atoms with E-state index in [9.17, 15) is 4.79 Å². The van der Waals surface area contributed by atoms with Gasteiger partial charge in [-0.05, 0) is 6.07 Å². The number of nitrogens with one attached hydrogen (secondary N) is 2. The Hall–Kier alpha value is -2.93. The monoisotopic (exact) mass is 360 g/mol. The van der Waals surface area contributed by atoms with E-state index in [4.69, 9.17) is 18.9 Å². The molecule has 1 atom stereocenters. The van der Waals surface area contributed by atoms with E-state index in [1.165, 1.54) is 0 Å². The Kier molecular flexibility index (Phi) is 7.11. The van der Waals surface area contributed by atoms with Gasteiger partial charge in [-0.3, -0.25) is 0 Å². The fraction of sp³-hybridized carbons (Fsp3) is 0.316. The largest absolute Gasteiger partial charge is 0.497 e. The molecule has 2 aromatic rings. The molecular weight excluding hydrogens is 336 g/mol. The Morgan fingerprint density at radius 2 is 1.62 bits per heavy atom. The average molecular weight is 360 g/mol. The highest BCUT2D eigenvalue weighted by Gasteiger charge is 2.16. The van der Waals surface area contributed by atoms with E-state index in [1.807, 2.05) is 24.3 Å². The molecule has 0 aliphatic heterocycles. The first kappa shape index (κ1) is 19.4. The number of hydrogen-bond donors (Lipinski definition) is 2. The van der Waals surface area contributed by atoms with Crippen LogP contribution in [0.3, 0.4) is 0 Å². The second kappa shape index (κ2) is 9.53. The highest BCUT2D eigenvalue weighted by molar-refractivity contribution is 5.89. The number of para-hydroxylation sites is 1. The lowest BCUT2D eigenvalue weighted by Crippen LogP contribution is -2.33. The number of hydrogen-bond acceptors (Lipinski definition) is 5. The first-order valence-electron chi connectivity index (χ1n) is 8.05. The Balaban J connectivity index is 2.01. The van der Waals surface area contributed by atoms with Crippen LogP contribution in [-0.2, 0) is 4.74 Å². The molecule has 140 valence electrons. The molecule has 0 aliphatic carbocycles. The van der Waals surface area contributed by atoms with Crippen LogP contribution in [0.25, 0.3) is 0 Å². The summed E-state index contributed by atoms with van der Waals surface area (Å²) >= 11 is 0. The van der Waals surface area contributed by atoms with Crippen LogP contribution >= 0.6 is 0 Å². The molecular formula is C19H24N2O5. The van der Waals surface area contributed by atoms with Crippen molar-refractivity contribution in [1.82, 2.24) is 5.32 Å². The van der Waals surface area contributed by atoms with Crippen LogP contribution < -0.4 is 24.8 Å². The minimum atomic E-state index is -0.364. The summed E-state index contributed by atoms with van der Waals surface area (Å²) in [7, 11) is 6.29. The quantitative estimate of drug-likeness (QED) is 0.756. The molecule has 0 saturated heterocycles. The molecule has 1 unspecified atom stereocenters. The van der Waals surface area contributed by atoms with E-state index < -0.39 is 0 Å². The van der Waals surface area contributed by atoms with Crippen molar-refractivity contribution >= 4 is 11.7 Å². The topological polar surface area (TPSA) is 78.1 Å². The minimum Gasteiger partial charge on any atom is -0.497 e. The molecule has 26 heavy (non-hydrogen) atoms. The molecule has 0 fully saturated rings. The number of benzene rings is 2. The van der Waals surface area contributed by atoms with Crippen molar-refractivity contribution < 1.29 is 23.7 Å². The normalized spacial score (nSPS) is 11.4. The fourth-order valence-corrected chi connectivity index (χ4v) is 2.49. The molecule has 0 heterocycles. The molecule has 7 heteroatoms. The zero-order valence-electron chi connectivity index (χ0n) is 15.4. The van der Waals surface area contributed by atoms with Crippen LogP contribution in [0.15, 0.2) is 42.5 Å². The third-order valence-corrected chi connectivity index (χ3v) is 3.83. The van der Waals surface area contributed by atoms with E-state index in [0.29, 0.717) is 22.9 Å². The standard InChI is InChI=1S/C19H24N2O5/c1-23-14-9-13(10-15(11-14)24-2)21-19(22)20-12-18(26-4)16-7-5-6-8-17(16)25-3/h5-11,18H,12H2,1-4H3,(H2,20,21,22). The molecule has 0 aromatic heterocycles. The molecule has 0 radical (unpaired) electrons. The molecule has 2 amide bonds. The molecule has 0 spiro atoms. The van der Waals surface area contributed by atoms with Crippen molar-refractivity contribution in [2.75, 3.05) is 40.3 Å². The number of anilines is 1. The Labute approximate surface area is 153 Å². The van der Waals surface area contributed by atoms with Gasteiger partial charge in [0.1, 0.15) is 23.4 Å². The molecule has 2 N–H and O–H groups in total. The van der Waals surface area contributed by atoms with Gasteiger partial charge in [0.15, 0.2) is 0 Å². The van der Waals surface area contributed by atoms with Gasteiger partial charge < -0.3 is 29.6 Å². The van der Waals surface area contributed by atoms with Gasteiger partial charge in [0.25, 0.3) is 0 Å². The predicted octanol–water partition coefficient (Wildman–Crippen LogP) is 3.22. The summed E-state index contributed by atoms with van der Waals surface area (Å²) in [6.07, 6.45) is -0.336. The SMILES string of the molecule is COc1cc(NC(=O)NCC(OC)c2ccccc2OC)cc(OC)c1. The highest BCUT2D eigenvalue weighted by Crippen LogP contribution is 2.27. The van der Waals surface area contributed by atoms with Crippen molar-refractivity contribution in [3.8, 4) is 17.2 Å². The van der Waals surface area contributed by atoms with Crippen molar-refractivity contribution in [3.63, 3.8) is 0 Å². The van der Waals surface area contributed by atoms with Crippen LogP contribution in [-0.4, -0.2) is 41.0 Å². The van der Waals surface area contributed by atoms with Crippen molar-refractivity contribution in [2.24, 2.45) is 0 Å². The summed E-state index contributed by atoms with van der Waals surface area (Å²) in [4.78, 5) is 12.2. The van der Waals surface area contributed by atoms with E-state index >= 15 is 0 Å². The van der Waals surface area contributed by atoms with Crippen LogP contribution in [0, 0.1) is 0 Å². The van der Waals surface area contributed by atoms with E-state index in [-0.39, 0.29) is 18.7 Å². The van der Waals surface area contributed by atoms with Gasteiger partial charge in [0.2, 0.25) is 0 Å². The third kappa shape index (κ3) is 5.03. The van der Waals surface area contributed by atoms with Gasteiger partial charge in [-0.2, -0.15) is 0 Å². The summed E-state index contributed by atoms with van der Waals surface area (Å²) in [5.74, 6) is 1.88. The van der Waals surface area contributed by atoms with Gasteiger partial charge in [-0.1, -0.05) is 18.2 Å². The number of urea groups is 1. The zero-order valence-corrected chi connectivity index (χ0v) is 15.4. The third-order valence-electron chi connectivity index (χ3n) is 3.83. The van der Waals surface area contributed by atoms with Gasteiger partial charge in [-0.25, -0.2) is 4.79 Å². The van der Waals surface area contributed by atoms with E-state index in [1.54, 1.807) is 46.6 Å². The van der Waals surface area contributed by atoms with Crippen molar-refractivity contribution in [1.29, 1.82) is 0 Å². The molecule has 0 aliphatic rings. The summed E-state index contributed by atoms with van der Waals surface area (Å²) in [6, 6.07) is 12.3. The number of methoxy groups -OCH3 is 4. The lowest BCUT2D eigenvalue weighted by molar-refractivity contribution is 0.102. The van der Waals surface area contributed by atoms with E-state index in [0.717, 1.165) is 5.56 Å². The maximum absolute atomic E-state index is 12.2. The molecule has 7 nitrogen and oxygen atoms in total. The Bertz CT molecular complexity index is 713. The van der Waals surface area contributed by atoms with Gasteiger partial charge >= 0.3 is 6.03 Å². The minimum absolute atomic E-state index is 0.282. The fourth-order valence-electron chi connectivity index (χ4n) is 2.49. The van der Waals surface area contributed by atoms with Gasteiger partial charge in [0.05, 0.1) is 21.3 Å². The van der Waals surface area contributed by atoms with Crippen LogP contribution in [0.5, 0.6) is 17.2 Å². The first-order chi connectivity index (χ1) is 12.6. The maximum Gasteiger partial charge on any atom is 0.319 e. The zero-order chi connectivity index (χ0) is 18.9. The molecule has 0 saturated carbocycles. The first-order valence-corrected chi connectivity index (χ1v) is 8.05. The van der Waals surface area contributed by atoms with Gasteiger partial charge in [-0.15, -0.1) is 0 Å². The molecule has 2 aromatic carbocycles. The summed E-state index contributed by atoms with van der Waals surface area (Å²) < 4.78 is 21.2. The molecule has 0 bridgehead atoms. The summed E-state index contributed by atoms with van der Waals surface area (Å²) in [5, 5.41) is 5.55. The molecule has 2 rings (SSSR count). The average Bonchev–Trinajstić information content (AvgIpc) is 2.68. The number of carbonyl (C=O) groups excluding carboxylic acids is 1. The highest BCUT2D eigenvalue weighted by atomic mass is 16.5. The summed E-state index contributed by atoms with van der Waals surface area (Å²) in [6.45, 7) is 0.282. The smallest absolute Gasteiger partial charge is 0.319 e. The number of amides is 2.